The molecule has 3 aromatic carbocycles. The standard InChI is InChI=1S/C20H16ClFN2S/c21-18-13-15(11-12-19(18)22)14-25-20(23-16-7-3-1-4-8-16)24-17-9-5-2-6-10-17/h1-13H,14H2,(H,23,24). The van der Waals surface area contributed by atoms with E-state index in [1.807, 2.05) is 60.7 Å². The second-order valence-electron chi connectivity index (χ2n) is 5.28. The highest BCUT2D eigenvalue weighted by atomic mass is 35.5. The molecule has 0 amide bonds. The molecule has 3 rings (SSSR count). The second-order valence-corrected chi connectivity index (χ2v) is 6.65. The molecular weight excluding hydrogens is 355 g/mol. The SMILES string of the molecule is Fc1ccc(CSC(=Nc2ccccc2)Nc2ccccc2)cc1Cl. The largest absolute Gasteiger partial charge is 0.335 e. The van der Waals surface area contributed by atoms with Crippen LogP contribution in [0.15, 0.2) is 83.9 Å². The maximum atomic E-state index is 13.3. The van der Waals surface area contributed by atoms with Crippen molar-refractivity contribution >= 4 is 39.9 Å². The molecule has 0 aliphatic rings. The van der Waals surface area contributed by atoms with Gasteiger partial charge in [-0.15, -0.1) is 0 Å². The number of para-hydroxylation sites is 2. The van der Waals surface area contributed by atoms with Crippen molar-refractivity contribution in [3.63, 3.8) is 0 Å². The van der Waals surface area contributed by atoms with Crippen LogP contribution in [0.1, 0.15) is 5.56 Å². The van der Waals surface area contributed by atoms with E-state index < -0.39 is 5.82 Å². The number of halogens is 2. The molecule has 0 aliphatic carbocycles. The van der Waals surface area contributed by atoms with Crippen molar-refractivity contribution in [2.45, 2.75) is 5.75 Å². The number of thioether (sulfide) groups is 1. The van der Waals surface area contributed by atoms with Crippen molar-refractivity contribution in [3.05, 3.63) is 95.3 Å². The Labute approximate surface area is 155 Å². The first-order valence-corrected chi connectivity index (χ1v) is 9.09. The molecule has 0 heterocycles. The number of amidine groups is 1. The highest BCUT2D eigenvalue weighted by Crippen LogP contribution is 2.23. The van der Waals surface area contributed by atoms with Gasteiger partial charge in [-0.05, 0) is 42.0 Å². The third kappa shape index (κ3) is 5.34. The average Bonchev–Trinajstić information content (AvgIpc) is 2.64. The first-order valence-electron chi connectivity index (χ1n) is 7.73. The minimum Gasteiger partial charge on any atom is -0.335 e. The Hall–Kier alpha value is -2.30. The van der Waals surface area contributed by atoms with E-state index in [1.54, 1.807) is 12.1 Å². The molecule has 0 radical (unpaired) electrons. The summed E-state index contributed by atoms with van der Waals surface area (Å²) in [6, 6.07) is 24.4. The maximum absolute atomic E-state index is 13.3. The van der Waals surface area contributed by atoms with E-state index in [0.29, 0.717) is 5.75 Å². The van der Waals surface area contributed by atoms with Crippen LogP contribution >= 0.6 is 23.4 Å². The fraction of sp³-hybridized carbons (Fsp3) is 0.0500. The Balaban J connectivity index is 1.78. The molecule has 0 aliphatic heterocycles. The summed E-state index contributed by atoms with van der Waals surface area (Å²) < 4.78 is 13.3. The summed E-state index contributed by atoms with van der Waals surface area (Å²) in [5.74, 6) is 0.224. The van der Waals surface area contributed by atoms with Crippen LogP contribution in [0.4, 0.5) is 15.8 Å². The molecule has 5 heteroatoms. The van der Waals surface area contributed by atoms with Gasteiger partial charge in [-0.1, -0.05) is 65.8 Å². The fourth-order valence-corrected chi connectivity index (χ4v) is 3.19. The molecule has 0 bridgehead atoms. The number of hydrogen-bond donors (Lipinski definition) is 1. The summed E-state index contributed by atoms with van der Waals surface area (Å²) in [7, 11) is 0. The Morgan fingerprint density at radius 2 is 1.64 bits per heavy atom. The van der Waals surface area contributed by atoms with E-state index in [2.05, 4.69) is 10.3 Å². The summed E-state index contributed by atoms with van der Waals surface area (Å²) in [5.41, 5.74) is 2.76. The molecule has 25 heavy (non-hydrogen) atoms. The van der Waals surface area contributed by atoms with Crippen molar-refractivity contribution in [2.24, 2.45) is 4.99 Å². The van der Waals surface area contributed by atoms with Crippen LogP contribution in [0.25, 0.3) is 0 Å². The number of benzene rings is 3. The lowest BCUT2D eigenvalue weighted by atomic mass is 10.2. The summed E-state index contributed by atoms with van der Waals surface area (Å²) in [5, 5.41) is 4.23. The zero-order valence-corrected chi connectivity index (χ0v) is 14.9. The predicted molar refractivity (Wildman–Crippen MR) is 106 cm³/mol. The number of rotatable bonds is 4. The Morgan fingerprint density at radius 3 is 2.32 bits per heavy atom. The van der Waals surface area contributed by atoms with Gasteiger partial charge in [0.15, 0.2) is 5.17 Å². The number of nitrogens with one attached hydrogen (secondary N) is 1. The van der Waals surface area contributed by atoms with E-state index in [-0.39, 0.29) is 5.02 Å². The fourth-order valence-electron chi connectivity index (χ4n) is 2.14. The molecule has 0 atom stereocenters. The topological polar surface area (TPSA) is 24.4 Å². The molecule has 1 N–H and O–H groups in total. The highest BCUT2D eigenvalue weighted by Gasteiger charge is 2.06. The van der Waals surface area contributed by atoms with E-state index >= 15 is 0 Å². The van der Waals surface area contributed by atoms with Crippen LogP contribution < -0.4 is 5.32 Å². The summed E-state index contributed by atoms with van der Waals surface area (Å²) in [4.78, 5) is 4.67. The third-order valence-corrected chi connectivity index (χ3v) is 4.61. The molecule has 3 aromatic rings. The summed E-state index contributed by atoms with van der Waals surface area (Å²) in [6.07, 6.45) is 0. The minimum absolute atomic E-state index is 0.135. The van der Waals surface area contributed by atoms with Crippen molar-refractivity contribution in [2.75, 3.05) is 5.32 Å². The third-order valence-electron chi connectivity index (χ3n) is 3.37. The molecule has 0 saturated heterocycles. The number of hydrogen-bond acceptors (Lipinski definition) is 2. The van der Waals surface area contributed by atoms with Crippen molar-refractivity contribution in [1.82, 2.24) is 0 Å². The molecule has 126 valence electrons. The average molecular weight is 371 g/mol. The number of nitrogens with zero attached hydrogens (tertiary/aromatic N) is 1. The Kier molecular flexibility index (Phi) is 6.09. The van der Waals surface area contributed by atoms with Gasteiger partial charge >= 0.3 is 0 Å². The number of aliphatic imine (C=N–C) groups is 1. The molecule has 0 saturated carbocycles. The van der Waals surface area contributed by atoms with Crippen LogP contribution in [0.5, 0.6) is 0 Å². The normalized spacial score (nSPS) is 11.4. The molecule has 0 aromatic heterocycles. The second kappa shape index (κ2) is 8.70. The Bertz CT molecular complexity index is 854. The molecule has 0 spiro atoms. The Morgan fingerprint density at radius 1 is 0.960 bits per heavy atom. The van der Waals surface area contributed by atoms with Gasteiger partial charge in [0.2, 0.25) is 0 Å². The summed E-state index contributed by atoms with van der Waals surface area (Å²) in [6.45, 7) is 0. The van der Waals surface area contributed by atoms with E-state index in [9.17, 15) is 4.39 Å². The first-order chi connectivity index (χ1) is 12.2. The van der Waals surface area contributed by atoms with Crippen molar-refractivity contribution < 1.29 is 4.39 Å². The van der Waals surface area contributed by atoms with Crippen LogP contribution in [-0.2, 0) is 5.75 Å². The highest BCUT2D eigenvalue weighted by molar-refractivity contribution is 8.13. The van der Waals surface area contributed by atoms with Gasteiger partial charge in [0.05, 0.1) is 10.7 Å². The van der Waals surface area contributed by atoms with Crippen LogP contribution in [0.2, 0.25) is 5.02 Å². The van der Waals surface area contributed by atoms with Crippen LogP contribution in [0, 0.1) is 5.82 Å². The summed E-state index contributed by atoms with van der Waals surface area (Å²) >= 11 is 7.40. The minimum atomic E-state index is -0.406. The monoisotopic (exact) mass is 370 g/mol. The van der Waals surface area contributed by atoms with Crippen molar-refractivity contribution in [3.8, 4) is 0 Å². The van der Waals surface area contributed by atoms with E-state index in [0.717, 1.165) is 22.1 Å². The zero-order chi connectivity index (χ0) is 17.5. The van der Waals surface area contributed by atoms with Gasteiger partial charge in [-0.25, -0.2) is 9.38 Å². The predicted octanol–water partition coefficient (Wildman–Crippen LogP) is 6.51. The zero-order valence-electron chi connectivity index (χ0n) is 13.3. The van der Waals surface area contributed by atoms with Gasteiger partial charge in [0.1, 0.15) is 5.82 Å². The van der Waals surface area contributed by atoms with Gasteiger partial charge < -0.3 is 5.32 Å². The van der Waals surface area contributed by atoms with Gasteiger partial charge in [-0.3, -0.25) is 0 Å². The maximum Gasteiger partial charge on any atom is 0.166 e. The van der Waals surface area contributed by atoms with Gasteiger partial charge in [-0.2, -0.15) is 0 Å². The lowest BCUT2D eigenvalue weighted by Crippen LogP contribution is -2.07. The van der Waals surface area contributed by atoms with Gasteiger partial charge in [0, 0.05) is 11.4 Å². The lowest BCUT2D eigenvalue weighted by molar-refractivity contribution is 0.628. The number of anilines is 1. The van der Waals surface area contributed by atoms with Crippen molar-refractivity contribution in [1.29, 1.82) is 0 Å². The molecule has 2 nitrogen and oxygen atoms in total. The molecule has 0 unspecified atom stereocenters. The van der Waals surface area contributed by atoms with Crippen LogP contribution in [0.3, 0.4) is 0 Å². The lowest BCUT2D eigenvalue weighted by Gasteiger charge is -2.10. The first kappa shape index (κ1) is 17.5. The van der Waals surface area contributed by atoms with E-state index in [1.165, 1.54) is 17.8 Å². The van der Waals surface area contributed by atoms with Gasteiger partial charge in [0.25, 0.3) is 0 Å². The quantitative estimate of drug-likeness (QED) is 0.418. The smallest absolute Gasteiger partial charge is 0.166 e. The van der Waals surface area contributed by atoms with E-state index in [4.69, 9.17) is 11.6 Å². The molecular formula is C20H16ClFN2S. The molecule has 0 fully saturated rings. The van der Waals surface area contributed by atoms with Crippen LogP contribution in [-0.4, -0.2) is 5.17 Å².